The van der Waals surface area contributed by atoms with Gasteiger partial charge in [-0.3, -0.25) is 4.79 Å². The Labute approximate surface area is 123 Å². The van der Waals surface area contributed by atoms with Gasteiger partial charge in [-0.1, -0.05) is 65.0 Å². The zero-order valence-electron chi connectivity index (χ0n) is 13.7. The van der Waals surface area contributed by atoms with Crippen molar-refractivity contribution in [2.24, 2.45) is 16.7 Å². The van der Waals surface area contributed by atoms with Crippen molar-refractivity contribution < 1.29 is 9.53 Å². The standard InChI is InChI=1S/C18H28O2/c1-14(2)18(6,13-17(3,4)5)16(19)20-12-15-10-8-7-9-11-15/h7-11,14H,12-13H2,1-6H3. The third-order valence-electron chi connectivity index (χ3n) is 3.85. The van der Waals surface area contributed by atoms with Crippen LogP contribution < -0.4 is 0 Å². The summed E-state index contributed by atoms with van der Waals surface area (Å²) in [6.07, 6.45) is 0.825. The Morgan fingerprint density at radius 2 is 1.65 bits per heavy atom. The SMILES string of the molecule is CC(C)C(C)(CC(C)(C)C)C(=O)OCc1ccccc1. The topological polar surface area (TPSA) is 26.3 Å². The maximum Gasteiger partial charge on any atom is 0.312 e. The molecule has 20 heavy (non-hydrogen) atoms. The van der Waals surface area contributed by atoms with Crippen LogP contribution in [0.25, 0.3) is 0 Å². The minimum absolute atomic E-state index is 0.0914. The fourth-order valence-electron chi connectivity index (χ4n) is 2.50. The molecule has 0 saturated heterocycles. The second-order valence-corrected chi connectivity index (χ2v) is 7.37. The Kier molecular flexibility index (Phi) is 5.38. The summed E-state index contributed by atoms with van der Waals surface area (Å²) in [5.74, 6) is 0.163. The van der Waals surface area contributed by atoms with Gasteiger partial charge in [0, 0.05) is 0 Å². The molecule has 1 unspecified atom stereocenters. The lowest BCUT2D eigenvalue weighted by molar-refractivity contribution is -0.161. The molecule has 1 rings (SSSR count). The number of hydrogen-bond acceptors (Lipinski definition) is 2. The van der Waals surface area contributed by atoms with Crippen molar-refractivity contribution >= 4 is 5.97 Å². The van der Waals surface area contributed by atoms with E-state index in [0.29, 0.717) is 6.61 Å². The number of rotatable bonds is 5. The third kappa shape index (κ3) is 4.66. The van der Waals surface area contributed by atoms with Gasteiger partial charge in [0.1, 0.15) is 6.61 Å². The lowest BCUT2D eigenvalue weighted by atomic mass is 9.69. The number of ether oxygens (including phenoxy) is 1. The quantitative estimate of drug-likeness (QED) is 0.720. The third-order valence-corrected chi connectivity index (χ3v) is 3.85. The summed E-state index contributed by atoms with van der Waals surface area (Å²) < 4.78 is 5.56. The maximum atomic E-state index is 12.5. The minimum atomic E-state index is -0.437. The summed E-state index contributed by atoms with van der Waals surface area (Å²) in [7, 11) is 0. The van der Waals surface area contributed by atoms with Crippen LogP contribution in [0.15, 0.2) is 30.3 Å². The molecule has 0 saturated carbocycles. The summed E-state index contributed by atoms with van der Waals surface area (Å²) in [6.45, 7) is 13.1. The van der Waals surface area contributed by atoms with Crippen LogP contribution >= 0.6 is 0 Å². The van der Waals surface area contributed by atoms with Gasteiger partial charge in [-0.15, -0.1) is 0 Å². The lowest BCUT2D eigenvalue weighted by Gasteiger charge is -2.36. The second kappa shape index (κ2) is 6.43. The Morgan fingerprint density at radius 1 is 1.10 bits per heavy atom. The zero-order chi connectivity index (χ0) is 15.4. The molecule has 1 aromatic carbocycles. The normalized spacial score (nSPS) is 14.9. The summed E-state index contributed by atoms with van der Waals surface area (Å²) >= 11 is 0. The molecule has 112 valence electrons. The number of carbonyl (C=O) groups is 1. The largest absolute Gasteiger partial charge is 0.460 e. The highest BCUT2D eigenvalue weighted by Crippen LogP contribution is 2.40. The molecule has 1 aromatic rings. The van der Waals surface area contributed by atoms with Gasteiger partial charge in [-0.2, -0.15) is 0 Å². The molecule has 0 aromatic heterocycles. The molecule has 0 spiro atoms. The molecule has 0 aliphatic heterocycles. The highest BCUT2D eigenvalue weighted by atomic mass is 16.5. The van der Waals surface area contributed by atoms with E-state index in [1.807, 2.05) is 37.3 Å². The van der Waals surface area contributed by atoms with E-state index in [4.69, 9.17) is 4.74 Å². The fraction of sp³-hybridized carbons (Fsp3) is 0.611. The van der Waals surface area contributed by atoms with Crippen LogP contribution in [0.1, 0.15) is 53.5 Å². The second-order valence-electron chi connectivity index (χ2n) is 7.37. The molecule has 2 nitrogen and oxygen atoms in total. The van der Waals surface area contributed by atoms with Crippen LogP contribution in [-0.2, 0) is 16.1 Å². The number of carbonyl (C=O) groups excluding carboxylic acids is 1. The van der Waals surface area contributed by atoms with E-state index >= 15 is 0 Å². The van der Waals surface area contributed by atoms with Crippen molar-refractivity contribution in [2.75, 3.05) is 0 Å². The van der Waals surface area contributed by atoms with E-state index in [0.717, 1.165) is 12.0 Å². The Balaban J connectivity index is 2.75. The summed E-state index contributed by atoms with van der Waals surface area (Å²) in [4.78, 5) is 12.5. The molecule has 1 atom stereocenters. The van der Waals surface area contributed by atoms with Gasteiger partial charge in [0.2, 0.25) is 0 Å². The van der Waals surface area contributed by atoms with Crippen molar-refractivity contribution in [1.29, 1.82) is 0 Å². The van der Waals surface area contributed by atoms with Crippen LogP contribution in [0.3, 0.4) is 0 Å². The summed E-state index contributed by atoms with van der Waals surface area (Å²) in [6, 6.07) is 9.83. The van der Waals surface area contributed by atoms with Gasteiger partial charge >= 0.3 is 5.97 Å². The Bertz CT molecular complexity index is 428. The number of hydrogen-bond donors (Lipinski definition) is 0. The van der Waals surface area contributed by atoms with Gasteiger partial charge in [0.25, 0.3) is 0 Å². The van der Waals surface area contributed by atoms with Crippen LogP contribution in [0.2, 0.25) is 0 Å². The van der Waals surface area contributed by atoms with Crippen LogP contribution in [0.4, 0.5) is 0 Å². The van der Waals surface area contributed by atoms with Crippen LogP contribution in [-0.4, -0.2) is 5.97 Å². The Morgan fingerprint density at radius 3 is 2.10 bits per heavy atom. The predicted octanol–water partition coefficient (Wildman–Crippen LogP) is 4.83. The van der Waals surface area contributed by atoms with E-state index in [2.05, 4.69) is 34.6 Å². The monoisotopic (exact) mass is 276 g/mol. The number of benzene rings is 1. The molecule has 0 fully saturated rings. The van der Waals surface area contributed by atoms with Gasteiger partial charge < -0.3 is 4.74 Å². The first kappa shape index (κ1) is 16.7. The average molecular weight is 276 g/mol. The molecular weight excluding hydrogens is 248 g/mol. The van der Waals surface area contributed by atoms with E-state index in [9.17, 15) is 4.79 Å². The van der Waals surface area contributed by atoms with E-state index in [1.54, 1.807) is 0 Å². The average Bonchev–Trinajstić information content (AvgIpc) is 2.34. The molecule has 0 amide bonds. The molecule has 0 bridgehead atoms. The maximum absolute atomic E-state index is 12.5. The van der Waals surface area contributed by atoms with Crippen molar-refractivity contribution in [3.63, 3.8) is 0 Å². The molecule has 0 radical (unpaired) electrons. The fourth-order valence-corrected chi connectivity index (χ4v) is 2.50. The van der Waals surface area contributed by atoms with Crippen molar-refractivity contribution in [1.82, 2.24) is 0 Å². The molecule has 0 heterocycles. The molecule has 2 heteroatoms. The summed E-state index contributed by atoms with van der Waals surface area (Å²) in [5.41, 5.74) is 0.695. The first-order valence-corrected chi connectivity index (χ1v) is 7.36. The van der Waals surface area contributed by atoms with E-state index < -0.39 is 5.41 Å². The first-order chi connectivity index (χ1) is 9.15. The highest BCUT2D eigenvalue weighted by molar-refractivity contribution is 5.76. The Hall–Kier alpha value is -1.31. The molecule has 0 aliphatic rings. The van der Waals surface area contributed by atoms with Crippen molar-refractivity contribution in [3.05, 3.63) is 35.9 Å². The van der Waals surface area contributed by atoms with Gasteiger partial charge in [-0.05, 0) is 30.2 Å². The van der Waals surface area contributed by atoms with Gasteiger partial charge in [0.15, 0.2) is 0 Å². The molecule has 0 aliphatic carbocycles. The smallest absolute Gasteiger partial charge is 0.312 e. The lowest BCUT2D eigenvalue weighted by Crippen LogP contribution is -2.38. The van der Waals surface area contributed by atoms with Crippen molar-refractivity contribution in [3.8, 4) is 0 Å². The molecular formula is C18H28O2. The van der Waals surface area contributed by atoms with Crippen LogP contribution in [0.5, 0.6) is 0 Å². The predicted molar refractivity (Wildman–Crippen MR) is 83.3 cm³/mol. The van der Waals surface area contributed by atoms with Crippen LogP contribution in [0, 0.1) is 16.7 Å². The highest BCUT2D eigenvalue weighted by Gasteiger charge is 2.41. The van der Waals surface area contributed by atoms with Gasteiger partial charge in [0.05, 0.1) is 5.41 Å². The minimum Gasteiger partial charge on any atom is -0.460 e. The zero-order valence-corrected chi connectivity index (χ0v) is 13.7. The van der Waals surface area contributed by atoms with E-state index in [1.165, 1.54) is 0 Å². The number of esters is 1. The van der Waals surface area contributed by atoms with E-state index in [-0.39, 0.29) is 17.3 Å². The van der Waals surface area contributed by atoms with Crippen molar-refractivity contribution in [2.45, 2.75) is 54.6 Å². The molecule has 0 N–H and O–H groups in total. The first-order valence-electron chi connectivity index (χ1n) is 7.36. The van der Waals surface area contributed by atoms with Gasteiger partial charge in [-0.25, -0.2) is 0 Å². The summed E-state index contributed by atoms with van der Waals surface area (Å²) in [5, 5.41) is 0.